The van der Waals surface area contributed by atoms with E-state index in [0.29, 0.717) is 31.7 Å². The number of sulfonamides is 1. The molecular weight excluding hydrogens is 416 g/mol. The quantitative estimate of drug-likeness (QED) is 0.524. The van der Waals surface area contributed by atoms with Gasteiger partial charge in [-0.15, -0.1) is 0 Å². The minimum absolute atomic E-state index is 0.190. The van der Waals surface area contributed by atoms with Gasteiger partial charge in [-0.05, 0) is 62.6 Å². The van der Waals surface area contributed by atoms with E-state index in [1.54, 1.807) is 61.5 Å². The predicted molar refractivity (Wildman–Crippen MR) is 119 cm³/mol. The minimum Gasteiger partial charge on any atom is -0.463 e. The number of ether oxygens (including phenoxy) is 1. The van der Waals surface area contributed by atoms with Crippen LogP contribution in [0.15, 0.2) is 59.5 Å². The van der Waals surface area contributed by atoms with Crippen molar-refractivity contribution in [1.82, 2.24) is 4.31 Å². The Bertz CT molecular complexity index is 1060. The van der Waals surface area contributed by atoms with Crippen molar-refractivity contribution in [3.63, 3.8) is 0 Å². The van der Waals surface area contributed by atoms with E-state index in [1.807, 2.05) is 6.92 Å². The number of anilines is 1. The van der Waals surface area contributed by atoms with Crippen LogP contribution in [0.25, 0.3) is 6.08 Å². The summed E-state index contributed by atoms with van der Waals surface area (Å²) in [4.78, 5) is 24.4. The Balaban J connectivity index is 1.68. The molecule has 1 amide bonds. The standard InChI is InChI=1S/C23H26N2O5S/c1-3-30-22(26)15-10-18-8-11-19(12-9-18)24-23(27)21-5-4-16-25(21)31(28,29)20-13-6-17(2)7-14-20/h6-15,21H,3-5,16H2,1-2H3,(H,24,27)/b15-10+. The normalized spacial score (nSPS) is 17.0. The number of nitrogens with one attached hydrogen (secondary N) is 1. The second-order valence-electron chi connectivity index (χ2n) is 7.28. The van der Waals surface area contributed by atoms with Crippen molar-refractivity contribution < 1.29 is 22.7 Å². The van der Waals surface area contributed by atoms with E-state index in [-0.39, 0.29) is 10.8 Å². The molecule has 2 aromatic carbocycles. The zero-order valence-electron chi connectivity index (χ0n) is 17.6. The Morgan fingerprint density at radius 2 is 1.81 bits per heavy atom. The molecule has 31 heavy (non-hydrogen) atoms. The fourth-order valence-electron chi connectivity index (χ4n) is 3.39. The van der Waals surface area contributed by atoms with E-state index >= 15 is 0 Å². The molecule has 0 bridgehead atoms. The molecule has 1 heterocycles. The van der Waals surface area contributed by atoms with Gasteiger partial charge >= 0.3 is 5.97 Å². The van der Waals surface area contributed by atoms with Gasteiger partial charge in [-0.25, -0.2) is 13.2 Å². The molecular formula is C23H26N2O5S. The third kappa shape index (κ3) is 5.59. The van der Waals surface area contributed by atoms with E-state index in [1.165, 1.54) is 10.4 Å². The van der Waals surface area contributed by atoms with E-state index in [0.717, 1.165) is 11.1 Å². The van der Waals surface area contributed by atoms with Crippen LogP contribution in [0, 0.1) is 6.92 Å². The van der Waals surface area contributed by atoms with Crippen molar-refractivity contribution in [3.05, 3.63) is 65.7 Å². The molecule has 7 nitrogen and oxygen atoms in total. The van der Waals surface area contributed by atoms with Crippen LogP contribution in [-0.4, -0.2) is 43.8 Å². The number of esters is 1. The number of benzene rings is 2. The second-order valence-corrected chi connectivity index (χ2v) is 9.17. The van der Waals surface area contributed by atoms with Gasteiger partial charge in [0.1, 0.15) is 6.04 Å². The van der Waals surface area contributed by atoms with Gasteiger partial charge in [-0.2, -0.15) is 4.31 Å². The molecule has 1 unspecified atom stereocenters. The van der Waals surface area contributed by atoms with Crippen LogP contribution in [0.2, 0.25) is 0 Å². The summed E-state index contributed by atoms with van der Waals surface area (Å²) in [5.74, 6) is -0.779. The Kier molecular flexibility index (Phi) is 7.25. The number of carbonyl (C=O) groups is 2. The molecule has 1 aliphatic heterocycles. The van der Waals surface area contributed by atoms with Crippen LogP contribution in [0.4, 0.5) is 5.69 Å². The van der Waals surface area contributed by atoms with E-state index in [9.17, 15) is 18.0 Å². The maximum Gasteiger partial charge on any atom is 0.330 e. The monoisotopic (exact) mass is 442 g/mol. The molecule has 8 heteroatoms. The molecule has 1 fully saturated rings. The van der Waals surface area contributed by atoms with Crippen molar-refractivity contribution >= 4 is 33.7 Å². The van der Waals surface area contributed by atoms with Gasteiger partial charge in [0.25, 0.3) is 0 Å². The average molecular weight is 443 g/mol. The second kappa shape index (κ2) is 9.89. The van der Waals surface area contributed by atoms with Gasteiger partial charge in [0, 0.05) is 18.3 Å². The highest BCUT2D eigenvalue weighted by atomic mass is 32.2. The summed E-state index contributed by atoms with van der Waals surface area (Å²) < 4.78 is 32.2. The van der Waals surface area contributed by atoms with Crippen LogP contribution < -0.4 is 5.32 Å². The summed E-state index contributed by atoms with van der Waals surface area (Å²) in [5.41, 5.74) is 2.29. The SMILES string of the molecule is CCOC(=O)/C=C/c1ccc(NC(=O)C2CCCN2S(=O)(=O)c2ccc(C)cc2)cc1. The minimum atomic E-state index is -3.75. The highest BCUT2D eigenvalue weighted by Crippen LogP contribution is 2.27. The van der Waals surface area contributed by atoms with Gasteiger partial charge < -0.3 is 10.1 Å². The molecule has 2 aromatic rings. The summed E-state index contributed by atoms with van der Waals surface area (Å²) in [7, 11) is -3.75. The number of rotatable bonds is 7. The lowest BCUT2D eigenvalue weighted by molar-refractivity contribution is -0.137. The molecule has 1 saturated heterocycles. The molecule has 164 valence electrons. The highest BCUT2D eigenvalue weighted by molar-refractivity contribution is 7.89. The largest absolute Gasteiger partial charge is 0.463 e. The smallest absolute Gasteiger partial charge is 0.330 e. The van der Waals surface area contributed by atoms with E-state index < -0.39 is 22.0 Å². The van der Waals surface area contributed by atoms with Crippen LogP contribution in [0.5, 0.6) is 0 Å². The Hall–Kier alpha value is -2.97. The van der Waals surface area contributed by atoms with Gasteiger partial charge in [0.15, 0.2) is 0 Å². The molecule has 1 atom stereocenters. The number of amides is 1. The summed E-state index contributed by atoms with van der Waals surface area (Å²) in [6, 6.07) is 12.8. The molecule has 0 radical (unpaired) electrons. The average Bonchev–Trinajstić information content (AvgIpc) is 3.25. The van der Waals surface area contributed by atoms with Crippen LogP contribution in [0.3, 0.4) is 0 Å². The lowest BCUT2D eigenvalue weighted by Gasteiger charge is -2.23. The molecule has 1 N–H and O–H groups in total. The summed E-state index contributed by atoms with van der Waals surface area (Å²) in [6.07, 6.45) is 4.05. The number of carbonyl (C=O) groups excluding carboxylic acids is 2. The Morgan fingerprint density at radius 1 is 1.13 bits per heavy atom. The first-order valence-corrected chi connectivity index (χ1v) is 11.6. The molecule has 3 rings (SSSR count). The molecule has 0 aliphatic carbocycles. The zero-order valence-corrected chi connectivity index (χ0v) is 18.4. The van der Waals surface area contributed by atoms with Gasteiger partial charge in [-0.3, -0.25) is 4.79 Å². The lowest BCUT2D eigenvalue weighted by atomic mass is 10.1. The fourth-order valence-corrected chi connectivity index (χ4v) is 5.05. The first-order chi connectivity index (χ1) is 14.8. The van der Waals surface area contributed by atoms with Gasteiger partial charge in [0.05, 0.1) is 11.5 Å². The maximum atomic E-state index is 13.0. The van der Waals surface area contributed by atoms with Crippen molar-refractivity contribution in [2.24, 2.45) is 0 Å². The molecule has 0 aromatic heterocycles. The van der Waals surface area contributed by atoms with Crippen molar-refractivity contribution in [2.45, 2.75) is 37.6 Å². The molecule has 0 spiro atoms. The van der Waals surface area contributed by atoms with E-state index in [2.05, 4.69) is 5.32 Å². The van der Waals surface area contributed by atoms with E-state index in [4.69, 9.17) is 4.74 Å². The van der Waals surface area contributed by atoms with Gasteiger partial charge in [0.2, 0.25) is 15.9 Å². The van der Waals surface area contributed by atoms with Crippen LogP contribution >= 0.6 is 0 Å². The summed E-state index contributed by atoms with van der Waals surface area (Å²) >= 11 is 0. The van der Waals surface area contributed by atoms with Crippen molar-refractivity contribution in [2.75, 3.05) is 18.5 Å². The van der Waals surface area contributed by atoms with Gasteiger partial charge in [-0.1, -0.05) is 29.8 Å². The number of nitrogens with zero attached hydrogens (tertiary/aromatic N) is 1. The first-order valence-electron chi connectivity index (χ1n) is 10.2. The summed E-state index contributed by atoms with van der Waals surface area (Å²) in [5, 5.41) is 2.80. The Morgan fingerprint density at radius 3 is 2.45 bits per heavy atom. The summed E-state index contributed by atoms with van der Waals surface area (Å²) in [6.45, 7) is 4.25. The third-order valence-corrected chi connectivity index (χ3v) is 6.93. The molecule has 1 aliphatic rings. The predicted octanol–water partition coefficient (Wildman–Crippen LogP) is 3.36. The zero-order chi connectivity index (χ0) is 22.4. The van der Waals surface area contributed by atoms with Crippen LogP contribution in [0.1, 0.15) is 30.9 Å². The fraction of sp³-hybridized carbons (Fsp3) is 0.304. The molecule has 0 saturated carbocycles. The lowest BCUT2D eigenvalue weighted by Crippen LogP contribution is -2.43. The third-order valence-electron chi connectivity index (χ3n) is 5.01. The van der Waals surface area contributed by atoms with Crippen LogP contribution in [-0.2, 0) is 24.3 Å². The Labute approximate surface area is 182 Å². The number of aryl methyl sites for hydroxylation is 1. The maximum absolute atomic E-state index is 13.0. The highest BCUT2D eigenvalue weighted by Gasteiger charge is 2.39. The first kappa shape index (κ1) is 22.7. The van der Waals surface area contributed by atoms with Crippen molar-refractivity contribution in [3.8, 4) is 0 Å². The topological polar surface area (TPSA) is 92.8 Å². The number of hydrogen-bond acceptors (Lipinski definition) is 5. The van der Waals surface area contributed by atoms with Crippen molar-refractivity contribution in [1.29, 1.82) is 0 Å². The number of hydrogen-bond donors (Lipinski definition) is 1.